The molecule has 2 atom stereocenters. The first kappa shape index (κ1) is 16.1. The minimum Gasteiger partial charge on any atom is -0.373 e. The Labute approximate surface area is 130 Å². The maximum atomic E-state index is 12.7. The highest BCUT2D eigenvalue weighted by Gasteiger charge is 2.33. The summed E-state index contributed by atoms with van der Waals surface area (Å²) in [5, 5.41) is 0. The van der Waals surface area contributed by atoms with E-state index in [9.17, 15) is 9.59 Å². The van der Waals surface area contributed by atoms with Crippen LogP contribution in [0.2, 0.25) is 0 Å². The third-order valence-corrected chi connectivity index (χ3v) is 3.77. The summed E-state index contributed by atoms with van der Waals surface area (Å²) in [6.07, 6.45) is -0.217. The van der Waals surface area contributed by atoms with Crippen LogP contribution in [0, 0.1) is 5.92 Å². The van der Waals surface area contributed by atoms with E-state index in [0.29, 0.717) is 17.5 Å². The summed E-state index contributed by atoms with van der Waals surface area (Å²) in [6.45, 7) is 1.90. The van der Waals surface area contributed by atoms with Gasteiger partial charge in [-0.25, -0.2) is 0 Å². The van der Waals surface area contributed by atoms with Crippen molar-refractivity contribution >= 4 is 11.6 Å². The Kier molecular flexibility index (Phi) is 5.61. The number of rotatable bonds is 7. The summed E-state index contributed by atoms with van der Waals surface area (Å²) in [6, 6.07) is 18.0. The van der Waals surface area contributed by atoms with Crippen molar-refractivity contribution in [3.8, 4) is 0 Å². The van der Waals surface area contributed by atoms with E-state index in [1.54, 1.807) is 36.4 Å². The second-order valence-corrected chi connectivity index (χ2v) is 5.13. The van der Waals surface area contributed by atoms with E-state index in [1.807, 2.05) is 31.2 Å². The largest absolute Gasteiger partial charge is 0.373 e. The van der Waals surface area contributed by atoms with Crippen LogP contribution in [0.5, 0.6) is 0 Å². The fraction of sp³-hybridized carbons (Fsp3) is 0.263. The molecule has 0 aliphatic carbocycles. The number of benzene rings is 2. The number of ether oxygens (including phenoxy) is 1. The minimum absolute atomic E-state index is 0.0563. The van der Waals surface area contributed by atoms with Gasteiger partial charge in [0, 0.05) is 18.2 Å². The highest BCUT2D eigenvalue weighted by atomic mass is 16.5. The average molecular weight is 296 g/mol. The zero-order valence-electron chi connectivity index (χ0n) is 12.9. The molecule has 2 rings (SSSR count). The minimum atomic E-state index is -0.764. The van der Waals surface area contributed by atoms with Gasteiger partial charge in [-0.1, -0.05) is 67.6 Å². The van der Waals surface area contributed by atoms with Crippen LogP contribution >= 0.6 is 0 Å². The molecule has 0 fully saturated rings. The molecule has 2 aromatic rings. The van der Waals surface area contributed by atoms with Gasteiger partial charge in [-0.15, -0.1) is 0 Å². The van der Waals surface area contributed by atoms with Gasteiger partial charge >= 0.3 is 0 Å². The van der Waals surface area contributed by atoms with Crippen molar-refractivity contribution in [3.05, 3.63) is 71.8 Å². The lowest BCUT2D eigenvalue weighted by molar-refractivity contribution is 0.0359. The normalized spacial score (nSPS) is 13.4. The molecule has 0 aromatic heterocycles. The molecule has 114 valence electrons. The lowest BCUT2D eigenvalue weighted by Crippen LogP contribution is -2.36. The summed E-state index contributed by atoms with van der Waals surface area (Å²) in [5.74, 6) is -0.696. The molecular weight excluding hydrogens is 276 g/mol. The molecule has 0 radical (unpaired) electrons. The smallest absolute Gasteiger partial charge is 0.192 e. The van der Waals surface area contributed by atoms with Crippen molar-refractivity contribution in [2.75, 3.05) is 7.11 Å². The van der Waals surface area contributed by atoms with Crippen molar-refractivity contribution in [1.82, 2.24) is 0 Å². The molecule has 2 aromatic carbocycles. The highest BCUT2D eigenvalue weighted by molar-refractivity contribution is 6.06. The molecule has 0 heterocycles. The number of ketones is 2. The third kappa shape index (κ3) is 3.49. The Morgan fingerprint density at radius 1 is 0.864 bits per heavy atom. The number of carbonyl (C=O) groups is 2. The van der Waals surface area contributed by atoms with E-state index in [4.69, 9.17) is 4.74 Å². The summed E-state index contributed by atoms with van der Waals surface area (Å²) >= 11 is 0. The molecule has 0 aliphatic heterocycles. The first-order valence-electron chi connectivity index (χ1n) is 7.40. The van der Waals surface area contributed by atoms with Crippen LogP contribution in [0.1, 0.15) is 34.1 Å². The van der Waals surface area contributed by atoms with Crippen molar-refractivity contribution in [1.29, 1.82) is 0 Å². The number of methoxy groups -OCH3 is 1. The standard InChI is InChI=1S/C19H20O3/c1-3-16(17(20)14-10-6-4-7-11-14)19(22-2)18(21)15-12-8-5-9-13-15/h4-13,16,19H,3H2,1-2H3. The van der Waals surface area contributed by atoms with Crippen molar-refractivity contribution in [3.63, 3.8) is 0 Å². The van der Waals surface area contributed by atoms with Crippen molar-refractivity contribution < 1.29 is 14.3 Å². The topological polar surface area (TPSA) is 43.4 Å². The second-order valence-electron chi connectivity index (χ2n) is 5.13. The van der Waals surface area contributed by atoms with Gasteiger partial charge in [0.2, 0.25) is 0 Å². The van der Waals surface area contributed by atoms with Gasteiger partial charge in [-0.05, 0) is 6.42 Å². The molecule has 0 aliphatic rings. The van der Waals surface area contributed by atoms with Crippen LogP contribution in [0.4, 0.5) is 0 Å². The molecule has 3 heteroatoms. The second kappa shape index (κ2) is 7.66. The van der Waals surface area contributed by atoms with Gasteiger partial charge in [0.15, 0.2) is 11.6 Å². The van der Waals surface area contributed by atoms with Gasteiger partial charge in [0.25, 0.3) is 0 Å². The summed E-state index contributed by atoms with van der Waals surface area (Å²) < 4.78 is 5.39. The van der Waals surface area contributed by atoms with Crippen LogP contribution in [0.25, 0.3) is 0 Å². The van der Waals surface area contributed by atoms with Gasteiger partial charge < -0.3 is 4.74 Å². The highest BCUT2D eigenvalue weighted by Crippen LogP contribution is 2.21. The zero-order valence-corrected chi connectivity index (χ0v) is 12.9. The van der Waals surface area contributed by atoms with Crippen LogP contribution in [0.3, 0.4) is 0 Å². The van der Waals surface area contributed by atoms with Gasteiger partial charge in [-0.3, -0.25) is 9.59 Å². The van der Waals surface area contributed by atoms with Gasteiger partial charge in [-0.2, -0.15) is 0 Å². The number of hydrogen-bond donors (Lipinski definition) is 0. The number of carbonyl (C=O) groups excluding carboxylic acids is 2. The molecule has 0 N–H and O–H groups in total. The Bertz CT molecular complexity index is 562. The third-order valence-electron chi connectivity index (χ3n) is 3.77. The molecule has 0 saturated heterocycles. The van der Waals surface area contributed by atoms with E-state index in [2.05, 4.69) is 0 Å². The van der Waals surface area contributed by atoms with E-state index in [1.165, 1.54) is 7.11 Å². The van der Waals surface area contributed by atoms with Crippen molar-refractivity contribution in [2.24, 2.45) is 5.92 Å². The summed E-state index contributed by atoms with van der Waals surface area (Å²) in [4.78, 5) is 25.3. The van der Waals surface area contributed by atoms with Gasteiger partial charge in [0.05, 0.1) is 5.92 Å². The van der Waals surface area contributed by atoms with Crippen LogP contribution < -0.4 is 0 Å². The monoisotopic (exact) mass is 296 g/mol. The van der Waals surface area contributed by atoms with E-state index in [0.717, 1.165) is 0 Å². The van der Waals surface area contributed by atoms with E-state index >= 15 is 0 Å². The van der Waals surface area contributed by atoms with E-state index in [-0.39, 0.29) is 11.6 Å². The maximum Gasteiger partial charge on any atom is 0.192 e. The maximum absolute atomic E-state index is 12.7. The van der Waals surface area contributed by atoms with Crippen LogP contribution in [0.15, 0.2) is 60.7 Å². The average Bonchev–Trinajstić information content (AvgIpc) is 2.60. The molecule has 0 amide bonds. The lowest BCUT2D eigenvalue weighted by Gasteiger charge is -2.23. The Balaban J connectivity index is 2.27. The van der Waals surface area contributed by atoms with Crippen LogP contribution in [-0.2, 0) is 4.74 Å². The zero-order chi connectivity index (χ0) is 15.9. The Hall–Kier alpha value is -2.26. The number of Topliss-reactive ketones (excluding diaryl/α,β-unsaturated/α-hetero) is 2. The first-order chi connectivity index (χ1) is 10.7. The molecule has 0 saturated carbocycles. The van der Waals surface area contributed by atoms with Crippen molar-refractivity contribution in [2.45, 2.75) is 19.4 Å². The van der Waals surface area contributed by atoms with Gasteiger partial charge in [0.1, 0.15) is 6.10 Å². The fourth-order valence-corrected chi connectivity index (χ4v) is 2.57. The quantitative estimate of drug-likeness (QED) is 0.730. The Morgan fingerprint density at radius 3 is 1.73 bits per heavy atom. The fourth-order valence-electron chi connectivity index (χ4n) is 2.57. The molecule has 0 spiro atoms. The number of hydrogen-bond acceptors (Lipinski definition) is 3. The molecular formula is C19H20O3. The predicted octanol–water partition coefficient (Wildman–Crippen LogP) is 3.79. The lowest BCUT2D eigenvalue weighted by atomic mass is 9.86. The SMILES string of the molecule is CCC(C(=O)c1ccccc1)C(OC)C(=O)c1ccccc1. The van der Waals surface area contributed by atoms with E-state index < -0.39 is 12.0 Å². The summed E-state index contributed by atoms with van der Waals surface area (Å²) in [7, 11) is 1.48. The molecule has 0 bridgehead atoms. The van der Waals surface area contributed by atoms with Crippen LogP contribution in [-0.4, -0.2) is 24.8 Å². The molecule has 22 heavy (non-hydrogen) atoms. The first-order valence-corrected chi connectivity index (χ1v) is 7.40. The molecule has 3 nitrogen and oxygen atoms in total. The predicted molar refractivity (Wildman–Crippen MR) is 86.1 cm³/mol. The Morgan fingerprint density at radius 2 is 1.32 bits per heavy atom. The molecule has 2 unspecified atom stereocenters. The summed E-state index contributed by atoms with van der Waals surface area (Å²) in [5.41, 5.74) is 1.17.